The van der Waals surface area contributed by atoms with Gasteiger partial charge in [0, 0.05) is 5.92 Å². The molecule has 5 unspecified atom stereocenters. The van der Waals surface area contributed by atoms with Crippen molar-refractivity contribution in [3.63, 3.8) is 0 Å². The van der Waals surface area contributed by atoms with E-state index >= 15 is 17.6 Å². The second-order valence-electron chi connectivity index (χ2n) is 10.7. The quantitative estimate of drug-likeness (QED) is 0.188. The molecule has 4 nitrogen and oxygen atoms in total. The van der Waals surface area contributed by atoms with Crippen molar-refractivity contribution in [3.05, 3.63) is 11.6 Å². The Hall–Kier alpha value is -1.57. The van der Waals surface area contributed by atoms with Gasteiger partial charge in [-0.3, -0.25) is 4.79 Å². The van der Waals surface area contributed by atoms with E-state index < -0.39 is 84.2 Å². The van der Waals surface area contributed by atoms with Crippen LogP contribution in [-0.4, -0.2) is 52.3 Å². The van der Waals surface area contributed by atoms with Crippen molar-refractivity contribution in [1.82, 2.24) is 0 Å². The first kappa shape index (κ1) is 33.6. The van der Waals surface area contributed by atoms with Gasteiger partial charge in [-0.1, -0.05) is 58.1 Å². The highest BCUT2D eigenvalue weighted by Gasteiger charge is 2.97. The lowest BCUT2D eigenvalue weighted by Crippen LogP contribution is -2.89. The Morgan fingerprint density at radius 2 is 1.49 bits per heavy atom. The smallest absolute Gasteiger partial charge is 0.417 e. The van der Waals surface area contributed by atoms with Gasteiger partial charge in [0.05, 0.1) is 5.92 Å². The topological polar surface area (TPSA) is 55.8 Å². The van der Waals surface area contributed by atoms with Crippen LogP contribution in [0.15, 0.2) is 11.6 Å². The first-order valence-corrected chi connectivity index (χ1v) is 12.7. The van der Waals surface area contributed by atoms with Crippen molar-refractivity contribution in [2.45, 2.75) is 121 Å². The van der Waals surface area contributed by atoms with Crippen LogP contribution in [0.5, 0.6) is 0 Å². The molecule has 1 saturated carbocycles. The van der Waals surface area contributed by atoms with Gasteiger partial charge in [-0.25, -0.2) is 0 Å². The van der Waals surface area contributed by atoms with E-state index in [1.165, 1.54) is 27.7 Å². The fourth-order valence-electron chi connectivity index (χ4n) is 5.56. The SMILES string of the molecule is CCC(C)C(C=C(C)C)C(=O)OC1(C(F)(F)F)OC(C2CCCCC2)(C(F)(F)F)C(F)(F)C(O)(CC)C1(F)F. The van der Waals surface area contributed by atoms with E-state index in [1.807, 2.05) is 0 Å². The summed E-state index contributed by atoms with van der Waals surface area (Å²) in [6.45, 7) is 6.08. The average Bonchev–Trinajstić information content (AvgIpc) is 2.81. The Labute approximate surface area is 220 Å². The van der Waals surface area contributed by atoms with Crippen LogP contribution in [0.1, 0.15) is 79.6 Å². The standard InChI is InChI=1S/C25H34F10O4/c1-6-15(5)17(13-14(3)4)18(36)38-23(25(33,34)35)22(28,29)19(37,7-2)21(26,27)20(39-23,24(30,31)32)16-11-9-8-10-12-16/h13,15-17,37H,6-12H2,1-5H3. The molecule has 0 aromatic rings. The Morgan fingerprint density at radius 1 is 0.974 bits per heavy atom. The van der Waals surface area contributed by atoms with Gasteiger partial charge < -0.3 is 14.6 Å². The second kappa shape index (κ2) is 10.7. The van der Waals surface area contributed by atoms with Crippen LogP contribution >= 0.6 is 0 Å². The molecule has 1 heterocycles. The zero-order valence-electron chi connectivity index (χ0n) is 22.2. The maximum absolute atomic E-state index is 15.8. The van der Waals surface area contributed by atoms with E-state index in [0.29, 0.717) is 12.5 Å². The van der Waals surface area contributed by atoms with Crippen LogP contribution in [0.2, 0.25) is 0 Å². The van der Waals surface area contributed by atoms with Gasteiger partial charge in [-0.05, 0) is 39.0 Å². The molecule has 0 aromatic carbocycles. The fourth-order valence-corrected chi connectivity index (χ4v) is 5.56. The Kier molecular flexibility index (Phi) is 9.21. The summed E-state index contributed by atoms with van der Waals surface area (Å²) in [4.78, 5) is 13.1. The Morgan fingerprint density at radius 3 is 1.87 bits per heavy atom. The van der Waals surface area contributed by atoms with Gasteiger partial charge in [0.1, 0.15) is 0 Å². The fraction of sp³-hybridized carbons (Fsp3) is 0.880. The van der Waals surface area contributed by atoms with Gasteiger partial charge in [-0.15, -0.1) is 0 Å². The predicted octanol–water partition coefficient (Wildman–Crippen LogP) is 7.74. The summed E-state index contributed by atoms with van der Waals surface area (Å²) in [6, 6.07) is 0. The summed E-state index contributed by atoms with van der Waals surface area (Å²) < 4.78 is 160. The number of ether oxygens (including phenoxy) is 2. The monoisotopic (exact) mass is 588 g/mol. The first-order valence-electron chi connectivity index (χ1n) is 12.7. The molecular weight excluding hydrogens is 554 g/mol. The minimum atomic E-state index is -6.69. The summed E-state index contributed by atoms with van der Waals surface area (Å²) in [6.07, 6.45) is -15.4. The number of hydrogen-bond acceptors (Lipinski definition) is 4. The molecule has 0 aromatic heterocycles. The molecule has 1 saturated heterocycles. The van der Waals surface area contributed by atoms with E-state index in [4.69, 9.17) is 0 Å². The average molecular weight is 589 g/mol. The van der Waals surface area contributed by atoms with Crippen LogP contribution in [0, 0.1) is 17.8 Å². The number of carbonyl (C=O) groups excluding carboxylic acids is 1. The summed E-state index contributed by atoms with van der Waals surface area (Å²) in [5.41, 5.74) is -10.2. The van der Waals surface area contributed by atoms with Crippen molar-refractivity contribution >= 4 is 5.97 Å². The molecule has 0 bridgehead atoms. The zero-order chi connectivity index (χ0) is 30.5. The molecule has 228 valence electrons. The third-order valence-corrected chi connectivity index (χ3v) is 8.00. The number of hydrogen-bond donors (Lipinski definition) is 1. The molecule has 2 fully saturated rings. The highest BCUT2D eigenvalue weighted by atomic mass is 19.4. The number of carbonyl (C=O) groups is 1. The first-order chi connectivity index (χ1) is 17.5. The lowest BCUT2D eigenvalue weighted by Gasteiger charge is -2.62. The van der Waals surface area contributed by atoms with Crippen molar-refractivity contribution in [2.24, 2.45) is 17.8 Å². The van der Waals surface area contributed by atoms with E-state index in [2.05, 4.69) is 9.47 Å². The van der Waals surface area contributed by atoms with E-state index in [1.54, 1.807) is 0 Å². The molecule has 0 radical (unpaired) electrons. The normalized spacial score (nSPS) is 33.2. The minimum Gasteiger partial charge on any atom is -0.417 e. The van der Waals surface area contributed by atoms with E-state index in [-0.39, 0.29) is 25.7 Å². The molecular formula is C25H34F10O4. The minimum absolute atomic E-state index is 0.103. The molecule has 0 spiro atoms. The largest absolute Gasteiger partial charge is 0.462 e. The molecule has 2 rings (SSSR count). The van der Waals surface area contributed by atoms with E-state index in [0.717, 1.165) is 6.08 Å². The number of allylic oxidation sites excluding steroid dienone is 1. The van der Waals surface area contributed by atoms with Gasteiger partial charge in [0.25, 0.3) is 0 Å². The summed E-state index contributed by atoms with van der Waals surface area (Å²) in [5.74, 6) is -25.2. The van der Waals surface area contributed by atoms with Crippen LogP contribution in [-0.2, 0) is 14.3 Å². The molecule has 2 aliphatic rings. The Bertz CT molecular complexity index is 921. The highest BCUT2D eigenvalue weighted by molar-refractivity contribution is 5.75. The predicted molar refractivity (Wildman–Crippen MR) is 119 cm³/mol. The molecule has 39 heavy (non-hydrogen) atoms. The molecule has 14 heteroatoms. The number of halogens is 10. The van der Waals surface area contributed by atoms with Crippen LogP contribution in [0.3, 0.4) is 0 Å². The number of esters is 1. The highest BCUT2D eigenvalue weighted by Crippen LogP contribution is 2.69. The molecule has 0 amide bonds. The van der Waals surface area contributed by atoms with Crippen LogP contribution < -0.4 is 0 Å². The molecule has 1 aliphatic carbocycles. The zero-order valence-corrected chi connectivity index (χ0v) is 22.2. The number of aliphatic hydroxyl groups is 1. The van der Waals surface area contributed by atoms with Crippen molar-refractivity contribution in [2.75, 3.05) is 0 Å². The molecule has 5 atom stereocenters. The number of rotatable bonds is 7. The number of alkyl halides is 10. The molecule has 1 N–H and O–H groups in total. The second-order valence-corrected chi connectivity index (χ2v) is 10.7. The van der Waals surface area contributed by atoms with Crippen LogP contribution in [0.25, 0.3) is 0 Å². The van der Waals surface area contributed by atoms with E-state index in [9.17, 15) is 36.2 Å². The van der Waals surface area contributed by atoms with Gasteiger partial charge >= 0.3 is 36.0 Å². The van der Waals surface area contributed by atoms with Crippen molar-refractivity contribution in [1.29, 1.82) is 0 Å². The van der Waals surface area contributed by atoms with Crippen LogP contribution in [0.4, 0.5) is 43.9 Å². The third kappa shape index (κ3) is 4.84. The van der Waals surface area contributed by atoms with Gasteiger partial charge in [0.2, 0.25) is 11.2 Å². The van der Waals surface area contributed by atoms with Gasteiger partial charge in [0.15, 0.2) is 0 Å². The Balaban J connectivity index is 3.00. The third-order valence-electron chi connectivity index (χ3n) is 8.00. The lowest BCUT2D eigenvalue weighted by atomic mass is 9.63. The van der Waals surface area contributed by atoms with Crippen molar-refractivity contribution in [3.8, 4) is 0 Å². The van der Waals surface area contributed by atoms with Crippen molar-refractivity contribution < 1.29 is 63.3 Å². The maximum Gasteiger partial charge on any atom is 0.462 e. The molecule has 1 aliphatic heterocycles. The van der Waals surface area contributed by atoms with Gasteiger partial charge in [-0.2, -0.15) is 43.9 Å². The maximum atomic E-state index is 15.8. The summed E-state index contributed by atoms with van der Waals surface area (Å²) in [7, 11) is 0. The lowest BCUT2D eigenvalue weighted by molar-refractivity contribution is -0.564. The summed E-state index contributed by atoms with van der Waals surface area (Å²) in [5, 5.41) is 10.6. The summed E-state index contributed by atoms with van der Waals surface area (Å²) >= 11 is 0.